The molecule has 1 N–H and O–H groups in total. The van der Waals surface area contributed by atoms with Gasteiger partial charge in [-0.1, -0.05) is 24.6 Å². The molecule has 5 nitrogen and oxygen atoms in total. The lowest BCUT2D eigenvalue weighted by Crippen LogP contribution is -2.33. The van der Waals surface area contributed by atoms with Gasteiger partial charge in [0.1, 0.15) is 5.76 Å². The molecule has 0 bridgehead atoms. The van der Waals surface area contributed by atoms with Gasteiger partial charge in [-0.3, -0.25) is 4.79 Å². The van der Waals surface area contributed by atoms with E-state index >= 15 is 0 Å². The number of para-hydroxylation sites is 1. The van der Waals surface area contributed by atoms with Crippen molar-refractivity contribution in [1.82, 2.24) is 15.1 Å². The molecule has 1 aliphatic carbocycles. The van der Waals surface area contributed by atoms with Crippen molar-refractivity contribution in [3.8, 4) is 5.69 Å². The van der Waals surface area contributed by atoms with Crippen LogP contribution in [0.1, 0.15) is 60.1 Å². The molecule has 2 aromatic heterocycles. The summed E-state index contributed by atoms with van der Waals surface area (Å²) in [6.07, 6.45) is 8.68. The Morgan fingerprint density at radius 2 is 1.96 bits per heavy atom. The lowest BCUT2D eigenvalue weighted by atomic mass is 10.1. The third kappa shape index (κ3) is 4.03. The number of nitrogens with one attached hydrogen (secondary N) is 1. The fraction of sp³-hybridized carbons (Fsp3) is 0.391. The molecular formula is C23H27N3O2. The highest BCUT2D eigenvalue weighted by atomic mass is 16.3. The topological polar surface area (TPSA) is 60.1 Å². The van der Waals surface area contributed by atoms with E-state index in [-0.39, 0.29) is 11.9 Å². The minimum Gasteiger partial charge on any atom is -0.469 e. The molecule has 0 aliphatic heterocycles. The van der Waals surface area contributed by atoms with Crippen LogP contribution >= 0.6 is 0 Å². The maximum atomic E-state index is 13.0. The number of nitrogens with zero attached hydrogens (tertiary/aromatic N) is 2. The number of fused-ring (bicyclic) bond motifs is 1. The van der Waals surface area contributed by atoms with Gasteiger partial charge in [0, 0.05) is 23.7 Å². The van der Waals surface area contributed by atoms with Gasteiger partial charge in [0.15, 0.2) is 5.69 Å². The van der Waals surface area contributed by atoms with E-state index in [9.17, 15) is 4.79 Å². The second-order valence-corrected chi connectivity index (χ2v) is 7.57. The van der Waals surface area contributed by atoms with Crippen LogP contribution in [0.3, 0.4) is 0 Å². The number of carbonyl (C=O) groups excluding carboxylic acids is 1. The molecule has 5 heteroatoms. The van der Waals surface area contributed by atoms with E-state index in [1.165, 1.54) is 12.1 Å². The Labute approximate surface area is 165 Å². The summed E-state index contributed by atoms with van der Waals surface area (Å²) >= 11 is 0. The highest BCUT2D eigenvalue weighted by Crippen LogP contribution is 2.26. The summed E-state index contributed by atoms with van der Waals surface area (Å²) in [5, 5.41) is 7.89. The highest BCUT2D eigenvalue weighted by Gasteiger charge is 2.25. The van der Waals surface area contributed by atoms with Crippen LogP contribution in [-0.2, 0) is 19.3 Å². The van der Waals surface area contributed by atoms with Crippen molar-refractivity contribution >= 4 is 5.91 Å². The van der Waals surface area contributed by atoms with E-state index in [0.29, 0.717) is 5.69 Å². The van der Waals surface area contributed by atoms with Gasteiger partial charge in [-0.2, -0.15) is 5.10 Å². The quantitative estimate of drug-likeness (QED) is 0.644. The van der Waals surface area contributed by atoms with Crippen molar-refractivity contribution in [2.45, 2.75) is 57.9 Å². The smallest absolute Gasteiger partial charge is 0.272 e. The molecule has 1 aromatic carbocycles. The molecule has 0 radical (unpaired) electrons. The summed E-state index contributed by atoms with van der Waals surface area (Å²) in [6.45, 7) is 2.04. The first-order valence-corrected chi connectivity index (χ1v) is 10.2. The molecule has 1 aliphatic rings. The van der Waals surface area contributed by atoms with Crippen molar-refractivity contribution in [2.75, 3.05) is 0 Å². The third-order valence-electron chi connectivity index (χ3n) is 5.43. The van der Waals surface area contributed by atoms with Crippen molar-refractivity contribution in [3.05, 3.63) is 71.4 Å². The van der Waals surface area contributed by atoms with Crippen LogP contribution in [0.15, 0.2) is 53.1 Å². The number of amides is 1. The zero-order valence-electron chi connectivity index (χ0n) is 16.4. The van der Waals surface area contributed by atoms with Crippen molar-refractivity contribution in [1.29, 1.82) is 0 Å². The average molecular weight is 377 g/mol. The summed E-state index contributed by atoms with van der Waals surface area (Å²) in [6, 6.07) is 14.0. The Balaban J connectivity index is 1.54. The summed E-state index contributed by atoms with van der Waals surface area (Å²) in [7, 11) is 0. The lowest BCUT2D eigenvalue weighted by molar-refractivity contribution is 0.0931. The molecule has 146 valence electrons. The fourth-order valence-corrected chi connectivity index (χ4v) is 3.92. The molecule has 1 amide bonds. The monoisotopic (exact) mass is 377 g/mol. The van der Waals surface area contributed by atoms with Gasteiger partial charge in [-0.05, 0) is 63.3 Å². The van der Waals surface area contributed by atoms with Crippen LogP contribution in [0, 0.1) is 0 Å². The third-order valence-corrected chi connectivity index (χ3v) is 5.43. The van der Waals surface area contributed by atoms with Crippen LogP contribution in [0.5, 0.6) is 0 Å². The summed E-state index contributed by atoms with van der Waals surface area (Å²) in [5.41, 5.74) is 3.92. The first-order chi connectivity index (χ1) is 13.7. The Hall–Kier alpha value is -2.82. The zero-order valence-corrected chi connectivity index (χ0v) is 16.4. The lowest BCUT2D eigenvalue weighted by Gasteiger charge is -2.12. The van der Waals surface area contributed by atoms with E-state index in [0.717, 1.165) is 55.5 Å². The predicted octanol–water partition coefficient (Wildman–Crippen LogP) is 4.49. The average Bonchev–Trinajstić information content (AvgIpc) is 3.29. The number of aromatic nitrogens is 2. The molecule has 0 saturated carbocycles. The van der Waals surface area contributed by atoms with Gasteiger partial charge in [0.2, 0.25) is 0 Å². The SMILES string of the molecule is CC(CCc1ccco1)NC(=O)c1nn(-c2ccccc2)c2c1CCCCC2. The first-order valence-electron chi connectivity index (χ1n) is 10.2. The van der Waals surface area contributed by atoms with Crippen molar-refractivity contribution in [2.24, 2.45) is 0 Å². The fourth-order valence-electron chi connectivity index (χ4n) is 3.92. The van der Waals surface area contributed by atoms with E-state index in [2.05, 4.69) is 5.32 Å². The number of aryl methyl sites for hydroxylation is 1. The molecule has 1 unspecified atom stereocenters. The Morgan fingerprint density at radius 1 is 1.14 bits per heavy atom. The van der Waals surface area contributed by atoms with Crippen LogP contribution in [0.2, 0.25) is 0 Å². The Morgan fingerprint density at radius 3 is 2.75 bits per heavy atom. The van der Waals surface area contributed by atoms with E-state index < -0.39 is 0 Å². The van der Waals surface area contributed by atoms with Gasteiger partial charge in [-0.15, -0.1) is 0 Å². The number of hydrogen-bond acceptors (Lipinski definition) is 3. The normalized spacial score (nSPS) is 14.9. The molecule has 3 aromatic rings. The molecule has 0 fully saturated rings. The maximum Gasteiger partial charge on any atom is 0.272 e. The molecule has 0 saturated heterocycles. The minimum atomic E-state index is -0.0697. The van der Waals surface area contributed by atoms with Crippen LogP contribution < -0.4 is 5.32 Å². The molecular weight excluding hydrogens is 350 g/mol. The number of furan rings is 1. The van der Waals surface area contributed by atoms with Gasteiger partial charge in [0.05, 0.1) is 12.0 Å². The number of carbonyl (C=O) groups is 1. The van der Waals surface area contributed by atoms with Crippen LogP contribution in [0.25, 0.3) is 5.69 Å². The van der Waals surface area contributed by atoms with E-state index in [4.69, 9.17) is 9.52 Å². The first kappa shape index (κ1) is 18.5. The minimum absolute atomic E-state index is 0.0564. The van der Waals surface area contributed by atoms with E-state index in [1.807, 2.05) is 54.1 Å². The van der Waals surface area contributed by atoms with Gasteiger partial charge in [0.25, 0.3) is 5.91 Å². The Bertz CT molecular complexity index is 913. The molecule has 1 atom stereocenters. The van der Waals surface area contributed by atoms with Gasteiger partial charge in [-0.25, -0.2) is 4.68 Å². The standard InChI is InChI=1S/C23H27N3O2/c1-17(14-15-19-11-8-16-28-19)24-23(27)22-20-12-6-3-7-13-21(20)26(25-22)18-9-4-2-5-10-18/h2,4-5,8-11,16-17H,3,6-7,12-15H2,1H3,(H,24,27). The summed E-state index contributed by atoms with van der Waals surface area (Å²) in [4.78, 5) is 13.0. The summed E-state index contributed by atoms with van der Waals surface area (Å²) in [5.74, 6) is 0.878. The van der Waals surface area contributed by atoms with Crippen LogP contribution in [0.4, 0.5) is 0 Å². The molecule has 2 heterocycles. The van der Waals surface area contributed by atoms with Crippen molar-refractivity contribution in [3.63, 3.8) is 0 Å². The molecule has 28 heavy (non-hydrogen) atoms. The van der Waals surface area contributed by atoms with Gasteiger partial charge < -0.3 is 9.73 Å². The van der Waals surface area contributed by atoms with Gasteiger partial charge >= 0.3 is 0 Å². The second-order valence-electron chi connectivity index (χ2n) is 7.57. The number of hydrogen-bond donors (Lipinski definition) is 1. The van der Waals surface area contributed by atoms with Crippen LogP contribution in [-0.4, -0.2) is 21.7 Å². The van der Waals surface area contributed by atoms with Crippen molar-refractivity contribution < 1.29 is 9.21 Å². The summed E-state index contributed by atoms with van der Waals surface area (Å²) < 4.78 is 7.36. The maximum absolute atomic E-state index is 13.0. The number of rotatable bonds is 6. The number of benzene rings is 1. The second kappa shape index (κ2) is 8.46. The molecule has 0 spiro atoms. The Kier molecular flexibility index (Phi) is 5.60. The largest absolute Gasteiger partial charge is 0.469 e. The highest BCUT2D eigenvalue weighted by molar-refractivity contribution is 5.94. The zero-order chi connectivity index (χ0) is 19.3. The predicted molar refractivity (Wildman–Crippen MR) is 109 cm³/mol. The van der Waals surface area contributed by atoms with E-state index in [1.54, 1.807) is 6.26 Å². The molecule has 4 rings (SSSR count).